The molecule has 3 rings (SSSR count). The van der Waals surface area contributed by atoms with Gasteiger partial charge in [-0.15, -0.1) is 0 Å². The van der Waals surface area contributed by atoms with E-state index in [-0.39, 0.29) is 5.91 Å². The summed E-state index contributed by atoms with van der Waals surface area (Å²) in [6.07, 6.45) is 0.737. The van der Waals surface area contributed by atoms with Crippen molar-refractivity contribution < 1.29 is 22.8 Å². The molecular weight excluding hydrogens is 381 g/mol. The molecule has 1 saturated heterocycles. The van der Waals surface area contributed by atoms with E-state index in [1.807, 2.05) is 0 Å². The van der Waals surface area contributed by atoms with Gasteiger partial charge in [-0.3, -0.25) is 9.59 Å². The summed E-state index contributed by atoms with van der Waals surface area (Å²) in [5, 5.41) is 2.65. The Morgan fingerprint density at radius 2 is 1.67 bits per heavy atom. The standard InChI is InChI=1S/C19H16ClF3N2O2/c20-13-4-2-1-3-12(13)19(27)25-9-7-11(8-10-25)18(26)24-15-6-5-14(21)16(22)17(15)23/h1-6,11H,7-10H2,(H,24,26). The van der Waals surface area contributed by atoms with Gasteiger partial charge in [-0.25, -0.2) is 13.2 Å². The lowest BCUT2D eigenvalue weighted by Crippen LogP contribution is -2.41. The second kappa shape index (κ2) is 8.00. The Balaban J connectivity index is 1.61. The Bertz CT molecular complexity index is 883. The Morgan fingerprint density at radius 3 is 2.33 bits per heavy atom. The summed E-state index contributed by atoms with van der Waals surface area (Å²) in [5.74, 6) is -5.57. The molecule has 8 heteroatoms. The number of carbonyl (C=O) groups excluding carboxylic acids is 2. The first kappa shape index (κ1) is 19.2. The summed E-state index contributed by atoms with van der Waals surface area (Å²) in [5.41, 5.74) is -0.0144. The van der Waals surface area contributed by atoms with Crippen LogP contribution in [0.25, 0.3) is 0 Å². The number of carbonyl (C=O) groups is 2. The Kier molecular flexibility index (Phi) is 5.70. The maximum Gasteiger partial charge on any atom is 0.255 e. The molecule has 0 bridgehead atoms. The van der Waals surface area contributed by atoms with Crippen LogP contribution >= 0.6 is 11.6 Å². The molecule has 2 aromatic rings. The van der Waals surface area contributed by atoms with Crippen molar-refractivity contribution in [1.29, 1.82) is 0 Å². The third-order valence-electron chi connectivity index (χ3n) is 4.55. The van der Waals surface area contributed by atoms with Crippen LogP contribution < -0.4 is 5.32 Å². The smallest absolute Gasteiger partial charge is 0.255 e. The van der Waals surface area contributed by atoms with E-state index in [4.69, 9.17) is 11.6 Å². The normalized spacial score (nSPS) is 14.9. The summed E-state index contributed by atoms with van der Waals surface area (Å²) in [7, 11) is 0. The lowest BCUT2D eigenvalue weighted by atomic mass is 9.95. The van der Waals surface area contributed by atoms with Crippen LogP contribution in [0.5, 0.6) is 0 Å². The molecule has 0 spiro atoms. The van der Waals surface area contributed by atoms with E-state index in [1.54, 1.807) is 29.2 Å². The van der Waals surface area contributed by atoms with Crippen molar-refractivity contribution in [3.63, 3.8) is 0 Å². The van der Waals surface area contributed by atoms with Crippen LogP contribution in [0.2, 0.25) is 5.02 Å². The molecule has 0 radical (unpaired) electrons. The first-order valence-electron chi connectivity index (χ1n) is 8.36. The zero-order valence-electron chi connectivity index (χ0n) is 14.1. The highest BCUT2D eigenvalue weighted by Gasteiger charge is 2.29. The number of rotatable bonds is 3. The van der Waals surface area contributed by atoms with Gasteiger partial charge in [-0.2, -0.15) is 0 Å². The minimum atomic E-state index is -1.63. The summed E-state index contributed by atoms with van der Waals surface area (Å²) in [4.78, 5) is 26.4. The molecule has 4 nitrogen and oxygen atoms in total. The van der Waals surface area contributed by atoms with Crippen LogP contribution in [0, 0.1) is 23.4 Å². The summed E-state index contributed by atoms with van der Waals surface area (Å²) < 4.78 is 39.9. The second-order valence-electron chi connectivity index (χ2n) is 6.26. The van der Waals surface area contributed by atoms with Crippen molar-refractivity contribution in [2.75, 3.05) is 18.4 Å². The predicted octanol–water partition coefficient (Wildman–Crippen LogP) is 4.25. The van der Waals surface area contributed by atoms with E-state index in [1.165, 1.54) is 0 Å². The van der Waals surface area contributed by atoms with Crippen LogP contribution in [-0.4, -0.2) is 29.8 Å². The van der Waals surface area contributed by atoms with E-state index in [2.05, 4.69) is 5.32 Å². The van der Waals surface area contributed by atoms with Crippen molar-refractivity contribution in [1.82, 2.24) is 4.90 Å². The molecule has 1 aliphatic heterocycles. The third-order valence-corrected chi connectivity index (χ3v) is 4.88. The first-order chi connectivity index (χ1) is 12.9. The van der Waals surface area contributed by atoms with Crippen molar-refractivity contribution in [2.24, 2.45) is 5.92 Å². The molecule has 27 heavy (non-hydrogen) atoms. The highest BCUT2D eigenvalue weighted by atomic mass is 35.5. The lowest BCUT2D eigenvalue weighted by molar-refractivity contribution is -0.121. The van der Waals surface area contributed by atoms with Crippen LogP contribution in [0.4, 0.5) is 18.9 Å². The summed E-state index contributed by atoms with van der Waals surface area (Å²) >= 11 is 6.04. The van der Waals surface area contributed by atoms with Crippen molar-refractivity contribution >= 4 is 29.1 Å². The predicted molar refractivity (Wildman–Crippen MR) is 95.0 cm³/mol. The average Bonchev–Trinajstić information content (AvgIpc) is 2.68. The minimum absolute atomic E-state index is 0.217. The van der Waals surface area contributed by atoms with Gasteiger partial charge in [-0.1, -0.05) is 23.7 Å². The molecule has 0 unspecified atom stereocenters. The number of piperidine rings is 1. The molecule has 0 atom stereocenters. The Hall–Kier alpha value is -2.54. The highest BCUT2D eigenvalue weighted by Crippen LogP contribution is 2.25. The maximum atomic E-state index is 13.7. The quantitative estimate of drug-likeness (QED) is 0.788. The highest BCUT2D eigenvalue weighted by molar-refractivity contribution is 6.33. The molecule has 1 heterocycles. The van der Waals surface area contributed by atoms with Crippen LogP contribution in [-0.2, 0) is 4.79 Å². The monoisotopic (exact) mass is 396 g/mol. The van der Waals surface area contributed by atoms with Crippen LogP contribution in [0.3, 0.4) is 0 Å². The molecule has 2 aromatic carbocycles. The summed E-state index contributed by atoms with van der Waals surface area (Å²) in [6.45, 7) is 0.671. The van der Waals surface area contributed by atoms with E-state index >= 15 is 0 Å². The number of hydrogen-bond acceptors (Lipinski definition) is 2. The molecule has 1 fully saturated rings. The Labute approximate surface area is 158 Å². The number of benzene rings is 2. The van der Waals surface area contributed by atoms with Gasteiger partial charge >= 0.3 is 0 Å². The first-order valence-corrected chi connectivity index (χ1v) is 8.74. The van der Waals surface area contributed by atoms with E-state index < -0.39 is 35.0 Å². The van der Waals surface area contributed by atoms with Gasteiger partial charge in [0.25, 0.3) is 5.91 Å². The molecule has 1 N–H and O–H groups in total. The van der Waals surface area contributed by atoms with E-state index in [9.17, 15) is 22.8 Å². The number of amides is 2. The lowest BCUT2D eigenvalue weighted by Gasteiger charge is -2.31. The van der Waals surface area contributed by atoms with Gasteiger partial charge in [0.05, 0.1) is 16.3 Å². The van der Waals surface area contributed by atoms with Gasteiger partial charge in [0.1, 0.15) is 0 Å². The topological polar surface area (TPSA) is 49.4 Å². The van der Waals surface area contributed by atoms with Gasteiger partial charge in [0.15, 0.2) is 17.5 Å². The number of likely N-dealkylation sites (tertiary alicyclic amines) is 1. The van der Waals surface area contributed by atoms with Gasteiger partial charge in [0, 0.05) is 19.0 Å². The van der Waals surface area contributed by atoms with Crippen molar-refractivity contribution in [2.45, 2.75) is 12.8 Å². The third kappa shape index (κ3) is 4.08. The number of anilines is 1. The van der Waals surface area contributed by atoms with Gasteiger partial charge in [0.2, 0.25) is 5.91 Å². The Morgan fingerprint density at radius 1 is 1.00 bits per heavy atom. The average molecular weight is 397 g/mol. The second-order valence-corrected chi connectivity index (χ2v) is 6.67. The molecular formula is C19H16ClF3N2O2. The molecule has 142 valence electrons. The van der Waals surface area contributed by atoms with E-state index in [0.29, 0.717) is 36.5 Å². The zero-order chi connectivity index (χ0) is 19.6. The summed E-state index contributed by atoms with van der Waals surface area (Å²) in [6, 6.07) is 8.43. The van der Waals surface area contributed by atoms with Crippen LogP contribution in [0.1, 0.15) is 23.2 Å². The number of halogens is 4. The number of nitrogens with one attached hydrogen (secondary N) is 1. The fourth-order valence-corrected chi connectivity index (χ4v) is 3.22. The molecule has 1 aliphatic rings. The minimum Gasteiger partial charge on any atom is -0.339 e. The zero-order valence-corrected chi connectivity index (χ0v) is 14.9. The van der Waals surface area contributed by atoms with E-state index in [0.717, 1.165) is 12.1 Å². The van der Waals surface area contributed by atoms with Crippen LogP contribution in [0.15, 0.2) is 36.4 Å². The fraction of sp³-hybridized carbons (Fsp3) is 0.263. The molecule has 0 aliphatic carbocycles. The number of nitrogens with zero attached hydrogens (tertiary/aromatic N) is 1. The SMILES string of the molecule is O=C(Nc1ccc(F)c(F)c1F)C1CCN(C(=O)c2ccccc2Cl)CC1. The maximum absolute atomic E-state index is 13.7. The van der Waals surface area contributed by atoms with Crippen molar-refractivity contribution in [3.8, 4) is 0 Å². The van der Waals surface area contributed by atoms with Crippen molar-refractivity contribution in [3.05, 3.63) is 64.4 Å². The van der Waals surface area contributed by atoms with Gasteiger partial charge in [-0.05, 0) is 37.1 Å². The molecule has 0 aromatic heterocycles. The van der Waals surface area contributed by atoms with Gasteiger partial charge < -0.3 is 10.2 Å². The fourth-order valence-electron chi connectivity index (χ4n) is 3.01. The molecule has 0 saturated carbocycles. The molecule has 2 amide bonds. The largest absolute Gasteiger partial charge is 0.339 e. The number of hydrogen-bond donors (Lipinski definition) is 1.